The van der Waals surface area contributed by atoms with Crippen molar-refractivity contribution in [2.75, 3.05) is 26.2 Å². The molecule has 3 atom stereocenters. The third kappa shape index (κ3) is 5.87. The zero-order valence-electron chi connectivity index (χ0n) is 21.7. The number of likely N-dealkylation sites (tertiary alicyclic amines) is 2. The van der Waals surface area contributed by atoms with Crippen LogP contribution in [0.15, 0.2) is 24.3 Å². The molecular weight excluding hydrogens is 478 g/mol. The molecule has 0 aromatic heterocycles. The largest absolute Gasteiger partial charge is 0.384 e. The van der Waals surface area contributed by atoms with Crippen molar-refractivity contribution in [2.24, 2.45) is 17.3 Å². The number of carbonyl (C=O) groups excluding carboxylic acids is 3. The van der Waals surface area contributed by atoms with E-state index in [0.717, 1.165) is 5.56 Å². The quantitative estimate of drug-likeness (QED) is 0.546. The van der Waals surface area contributed by atoms with Gasteiger partial charge in [0.15, 0.2) is 0 Å². The Morgan fingerprint density at radius 1 is 1.19 bits per heavy atom. The number of nitrogens with zero attached hydrogens (tertiary/aromatic N) is 2. The van der Waals surface area contributed by atoms with Crippen molar-refractivity contribution in [2.45, 2.75) is 65.0 Å². The van der Waals surface area contributed by atoms with Gasteiger partial charge in [0, 0.05) is 49.5 Å². The first kappa shape index (κ1) is 28.0. The van der Waals surface area contributed by atoms with Crippen LogP contribution in [0.3, 0.4) is 0 Å². The molecule has 0 bridgehead atoms. The van der Waals surface area contributed by atoms with E-state index >= 15 is 0 Å². The highest BCUT2D eigenvalue weighted by Gasteiger charge is 2.50. The van der Waals surface area contributed by atoms with Gasteiger partial charge < -0.3 is 20.2 Å². The Hall–Kier alpha value is -2.56. The number of benzene rings is 1. The molecule has 0 unspecified atom stereocenters. The molecule has 7 nitrogen and oxygen atoms in total. The van der Waals surface area contributed by atoms with Crippen LogP contribution in [-0.4, -0.2) is 64.8 Å². The first-order valence-electron chi connectivity index (χ1n) is 12.7. The molecule has 2 N–H and O–H groups in total. The summed E-state index contributed by atoms with van der Waals surface area (Å²) >= 11 is 6.03. The average Bonchev–Trinajstić information content (AvgIpc) is 3.33. The minimum atomic E-state index is -1.11. The van der Waals surface area contributed by atoms with E-state index in [1.54, 1.807) is 21.9 Å². The highest BCUT2D eigenvalue weighted by Crippen LogP contribution is 2.46. The summed E-state index contributed by atoms with van der Waals surface area (Å²) in [5, 5.41) is 15.2. The van der Waals surface area contributed by atoms with Gasteiger partial charge in [-0.25, -0.2) is 0 Å². The lowest BCUT2D eigenvalue weighted by atomic mass is 9.66. The van der Waals surface area contributed by atoms with Gasteiger partial charge in [-0.3, -0.25) is 14.4 Å². The predicted octanol–water partition coefficient (Wildman–Crippen LogP) is 3.19. The van der Waals surface area contributed by atoms with E-state index in [-0.39, 0.29) is 36.0 Å². The van der Waals surface area contributed by atoms with Crippen molar-refractivity contribution in [3.8, 4) is 12.3 Å². The lowest BCUT2D eigenvalue weighted by molar-refractivity contribution is -0.157. The van der Waals surface area contributed by atoms with Crippen LogP contribution < -0.4 is 5.32 Å². The molecule has 1 aromatic carbocycles. The minimum absolute atomic E-state index is 0.0385. The fourth-order valence-electron chi connectivity index (χ4n) is 5.29. The Morgan fingerprint density at radius 2 is 1.86 bits per heavy atom. The highest BCUT2D eigenvalue weighted by atomic mass is 35.5. The van der Waals surface area contributed by atoms with Crippen LogP contribution in [-0.2, 0) is 20.0 Å². The summed E-state index contributed by atoms with van der Waals surface area (Å²) in [6.07, 6.45) is 6.86. The third-order valence-electron chi connectivity index (χ3n) is 7.71. The van der Waals surface area contributed by atoms with Crippen LogP contribution in [0.1, 0.15) is 58.9 Å². The summed E-state index contributed by atoms with van der Waals surface area (Å²) in [6, 6.07) is 6.52. The van der Waals surface area contributed by atoms with Gasteiger partial charge in [-0.2, -0.15) is 0 Å². The van der Waals surface area contributed by atoms with Crippen molar-refractivity contribution in [1.82, 2.24) is 15.1 Å². The monoisotopic (exact) mass is 515 g/mol. The van der Waals surface area contributed by atoms with E-state index in [4.69, 9.17) is 18.0 Å². The smallest absolute Gasteiger partial charge is 0.245 e. The fourth-order valence-corrected chi connectivity index (χ4v) is 5.42. The Kier molecular flexibility index (Phi) is 8.74. The predicted molar refractivity (Wildman–Crippen MR) is 140 cm³/mol. The van der Waals surface area contributed by atoms with E-state index in [1.807, 2.05) is 39.8 Å². The molecule has 2 aliphatic rings. The Morgan fingerprint density at radius 3 is 2.44 bits per heavy atom. The van der Waals surface area contributed by atoms with Crippen molar-refractivity contribution >= 4 is 29.3 Å². The molecule has 0 radical (unpaired) electrons. The Labute approximate surface area is 219 Å². The number of hydrogen-bond donors (Lipinski definition) is 2. The van der Waals surface area contributed by atoms with Crippen molar-refractivity contribution in [3.05, 3.63) is 34.9 Å². The van der Waals surface area contributed by atoms with Gasteiger partial charge in [0.05, 0.1) is 11.5 Å². The molecule has 2 fully saturated rings. The lowest BCUT2D eigenvalue weighted by Crippen LogP contribution is -2.60. The van der Waals surface area contributed by atoms with Crippen LogP contribution in [0.2, 0.25) is 5.02 Å². The topological polar surface area (TPSA) is 90.0 Å². The van der Waals surface area contributed by atoms with Gasteiger partial charge in [-0.15, -0.1) is 12.3 Å². The molecule has 2 aliphatic heterocycles. The van der Waals surface area contributed by atoms with Crippen molar-refractivity contribution in [1.29, 1.82) is 0 Å². The SMILES string of the molecule is C#CCCC(=O)N1CC[C@@H](C(=O)N[C@@H](C(=O)N2CC[C@](O)(c3ccc(Cl)cc3)C(C)(C)C2)C(C)C)C1. The van der Waals surface area contributed by atoms with Crippen LogP contribution >= 0.6 is 11.6 Å². The van der Waals surface area contributed by atoms with Crippen LogP contribution in [0.25, 0.3) is 0 Å². The normalized spacial score (nSPS) is 24.3. The molecule has 1 aromatic rings. The number of piperidine rings is 1. The molecule has 36 heavy (non-hydrogen) atoms. The maximum absolute atomic E-state index is 13.6. The standard InChI is InChI=1S/C28H38ClN3O4/c1-6-7-8-23(33)31-15-13-20(17-31)25(34)30-24(19(2)3)26(35)32-16-14-28(36,27(4,5)18-32)21-9-11-22(29)12-10-21/h1,9-12,19-20,24,36H,7-8,13-18H2,2-5H3,(H,30,34)/t20-,24-,28+/m1/s1. The maximum Gasteiger partial charge on any atom is 0.245 e. The molecule has 3 amide bonds. The fraction of sp³-hybridized carbons (Fsp3) is 0.607. The summed E-state index contributed by atoms with van der Waals surface area (Å²) in [5.41, 5.74) is -0.949. The number of halogens is 1. The molecule has 0 spiro atoms. The molecule has 2 heterocycles. The first-order valence-corrected chi connectivity index (χ1v) is 13.1. The number of carbonyl (C=O) groups is 3. The van der Waals surface area contributed by atoms with Gasteiger partial charge in [0.25, 0.3) is 0 Å². The lowest BCUT2D eigenvalue weighted by Gasteiger charge is -2.51. The van der Waals surface area contributed by atoms with Crippen LogP contribution in [0.4, 0.5) is 0 Å². The van der Waals surface area contributed by atoms with Gasteiger partial charge in [0.1, 0.15) is 6.04 Å². The van der Waals surface area contributed by atoms with Gasteiger partial charge in [-0.1, -0.05) is 51.4 Å². The molecule has 0 aliphatic carbocycles. The minimum Gasteiger partial charge on any atom is -0.384 e. The number of terminal acetylenes is 1. The Bertz CT molecular complexity index is 1020. The first-order chi connectivity index (χ1) is 16.9. The summed E-state index contributed by atoms with van der Waals surface area (Å²) < 4.78 is 0. The maximum atomic E-state index is 13.6. The zero-order valence-corrected chi connectivity index (χ0v) is 22.5. The molecule has 2 saturated heterocycles. The summed E-state index contributed by atoms with van der Waals surface area (Å²) in [6.45, 7) is 9.32. The molecular formula is C28H38ClN3O4. The van der Waals surface area contributed by atoms with Crippen LogP contribution in [0, 0.1) is 29.6 Å². The van der Waals surface area contributed by atoms with E-state index < -0.39 is 17.1 Å². The van der Waals surface area contributed by atoms with Crippen molar-refractivity contribution < 1.29 is 19.5 Å². The summed E-state index contributed by atoms with van der Waals surface area (Å²) in [7, 11) is 0. The number of aliphatic hydroxyl groups is 1. The zero-order chi connectivity index (χ0) is 26.7. The Balaban J connectivity index is 1.66. The number of nitrogens with one attached hydrogen (secondary N) is 1. The van der Waals surface area contributed by atoms with E-state index in [9.17, 15) is 19.5 Å². The van der Waals surface area contributed by atoms with Gasteiger partial charge >= 0.3 is 0 Å². The van der Waals surface area contributed by atoms with E-state index in [0.29, 0.717) is 50.5 Å². The van der Waals surface area contributed by atoms with E-state index in [2.05, 4.69) is 11.2 Å². The molecule has 196 valence electrons. The van der Waals surface area contributed by atoms with Crippen molar-refractivity contribution in [3.63, 3.8) is 0 Å². The third-order valence-corrected chi connectivity index (χ3v) is 7.96. The summed E-state index contributed by atoms with van der Waals surface area (Å²) in [5.74, 6) is 1.62. The van der Waals surface area contributed by atoms with Gasteiger partial charge in [-0.05, 0) is 36.5 Å². The van der Waals surface area contributed by atoms with E-state index in [1.165, 1.54) is 0 Å². The summed E-state index contributed by atoms with van der Waals surface area (Å²) in [4.78, 5) is 42.3. The number of amides is 3. The highest BCUT2D eigenvalue weighted by molar-refractivity contribution is 6.30. The second kappa shape index (κ2) is 11.2. The average molecular weight is 516 g/mol. The van der Waals surface area contributed by atoms with Gasteiger partial charge in [0.2, 0.25) is 17.7 Å². The second-order valence-electron chi connectivity index (χ2n) is 11.0. The van der Waals surface area contributed by atoms with Crippen LogP contribution in [0.5, 0.6) is 0 Å². The number of rotatable bonds is 7. The molecule has 0 saturated carbocycles. The molecule has 3 rings (SSSR count). The number of hydrogen-bond acceptors (Lipinski definition) is 4. The molecule has 8 heteroatoms. The second-order valence-corrected chi connectivity index (χ2v) is 11.5.